The molecule has 1 rings (SSSR count). The SMILES string of the molecule is CCC(=O)c1ccccc1.CO. The van der Waals surface area contributed by atoms with Gasteiger partial charge in [0.2, 0.25) is 0 Å². The number of aliphatic hydroxyl groups is 1. The molecular formula is C10H14O2. The zero-order valence-corrected chi connectivity index (χ0v) is 7.45. The quantitative estimate of drug-likeness (QED) is 0.681. The second-order valence-corrected chi connectivity index (χ2v) is 2.14. The van der Waals surface area contributed by atoms with Crippen molar-refractivity contribution in [2.45, 2.75) is 13.3 Å². The highest BCUT2D eigenvalue weighted by Gasteiger charge is 1.98. The fourth-order valence-corrected chi connectivity index (χ4v) is 0.828. The Labute approximate surface area is 72.9 Å². The summed E-state index contributed by atoms with van der Waals surface area (Å²) in [6.07, 6.45) is 0.587. The molecule has 12 heavy (non-hydrogen) atoms. The molecule has 0 amide bonds. The van der Waals surface area contributed by atoms with Crippen molar-refractivity contribution in [1.29, 1.82) is 0 Å². The number of aliphatic hydroxyl groups excluding tert-OH is 1. The molecule has 1 N–H and O–H groups in total. The van der Waals surface area contributed by atoms with Crippen LogP contribution in [0.2, 0.25) is 0 Å². The highest BCUT2D eigenvalue weighted by molar-refractivity contribution is 5.95. The lowest BCUT2D eigenvalue weighted by molar-refractivity contribution is 0.0988. The van der Waals surface area contributed by atoms with Gasteiger partial charge in [-0.1, -0.05) is 37.3 Å². The topological polar surface area (TPSA) is 37.3 Å². The summed E-state index contributed by atoms with van der Waals surface area (Å²) in [5, 5.41) is 7.00. The van der Waals surface area contributed by atoms with E-state index in [1.54, 1.807) is 0 Å². The van der Waals surface area contributed by atoms with E-state index in [-0.39, 0.29) is 5.78 Å². The molecule has 0 unspecified atom stereocenters. The van der Waals surface area contributed by atoms with Crippen LogP contribution in [-0.2, 0) is 0 Å². The normalized spacial score (nSPS) is 8.25. The average molecular weight is 166 g/mol. The van der Waals surface area contributed by atoms with Crippen LogP contribution in [0.4, 0.5) is 0 Å². The molecule has 0 aliphatic rings. The van der Waals surface area contributed by atoms with Crippen LogP contribution >= 0.6 is 0 Å². The van der Waals surface area contributed by atoms with E-state index in [4.69, 9.17) is 5.11 Å². The Balaban J connectivity index is 0.000000561. The minimum absolute atomic E-state index is 0.209. The summed E-state index contributed by atoms with van der Waals surface area (Å²) >= 11 is 0. The monoisotopic (exact) mass is 166 g/mol. The minimum atomic E-state index is 0.209. The summed E-state index contributed by atoms with van der Waals surface area (Å²) in [4.78, 5) is 11.0. The summed E-state index contributed by atoms with van der Waals surface area (Å²) < 4.78 is 0. The van der Waals surface area contributed by atoms with Crippen LogP contribution in [0.25, 0.3) is 0 Å². The van der Waals surface area contributed by atoms with Gasteiger partial charge in [0.1, 0.15) is 0 Å². The molecule has 66 valence electrons. The molecule has 0 aliphatic heterocycles. The van der Waals surface area contributed by atoms with E-state index in [1.807, 2.05) is 37.3 Å². The van der Waals surface area contributed by atoms with Crippen molar-refractivity contribution >= 4 is 5.78 Å². The molecule has 1 aromatic rings. The molecule has 0 radical (unpaired) electrons. The first-order chi connectivity index (χ1) is 5.84. The third kappa shape index (κ3) is 3.30. The van der Waals surface area contributed by atoms with Crippen molar-refractivity contribution in [2.24, 2.45) is 0 Å². The molecule has 0 bridgehead atoms. The van der Waals surface area contributed by atoms with Gasteiger partial charge in [0.15, 0.2) is 5.78 Å². The highest BCUT2D eigenvalue weighted by atomic mass is 16.2. The Bertz CT molecular complexity index is 217. The third-order valence-electron chi connectivity index (χ3n) is 1.42. The Morgan fingerprint density at radius 1 is 1.25 bits per heavy atom. The Morgan fingerprint density at radius 2 is 1.75 bits per heavy atom. The van der Waals surface area contributed by atoms with Gasteiger partial charge in [-0.2, -0.15) is 0 Å². The summed E-state index contributed by atoms with van der Waals surface area (Å²) in [6.45, 7) is 1.87. The Morgan fingerprint density at radius 3 is 2.17 bits per heavy atom. The molecule has 0 atom stereocenters. The minimum Gasteiger partial charge on any atom is -0.400 e. The van der Waals surface area contributed by atoms with Gasteiger partial charge >= 0.3 is 0 Å². The van der Waals surface area contributed by atoms with Gasteiger partial charge in [0.25, 0.3) is 0 Å². The number of benzene rings is 1. The maximum Gasteiger partial charge on any atom is 0.162 e. The molecule has 1 aromatic carbocycles. The van der Waals surface area contributed by atoms with Crippen LogP contribution in [-0.4, -0.2) is 18.0 Å². The number of carbonyl (C=O) groups excluding carboxylic acids is 1. The highest BCUT2D eigenvalue weighted by Crippen LogP contribution is 2.01. The van der Waals surface area contributed by atoms with Crippen molar-refractivity contribution < 1.29 is 9.90 Å². The average Bonchev–Trinajstić information content (AvgIpc) is 2.21. The van der Waals surface area contributed by atoms with Gasteiger partial charge in [0.05, 0.1) is 0 Å². The standard InChI is InChI=1S/C9H10O.CH4O/c1-2-9(10)8-6-4-3-5-7-8;1-2/h3-7H,2H2,1H3;2H,1H3. The number of carbonyl (C=O) groups is 1. The number of hydrogen-bond donors (Lipinski definition) is 1. The molecule has 0 aliphatic carbocycles. The number of Topliss-reactive ketones (excluding diaryl/α,β-unsaturated/α-hetero) is 1. The maximum atomic E-state index is 11.0. The van der Waals surface area contributed by atoms with Gasteiger partial charge in [0, 0.05) is 19.1 Å². The third-order valence-corrected chi connectivity index (χ3v) is 1.42. The van der Waals surface area contributed by atoms with Gasteiger partial charge in [-0.15, -0.1) is 0 Å². The van der Waals surface area contributed by atoms with Crippen molar-refractivity contribution in [3.05, 3.63) is 35.9 Å². The van der Waals surface area contributed by atoms with E-state index < -0.39 is 0 Å². The second-order valence-electron chi connectivity index (χ2n) is 2.14. The van der Waals surface area contributed by atoms with E-state index in [0.29, 0.717) is 6.42 Å². The molecular weight excluding hydrogens is 152 g/mol. The first kappa shape index (κ1) is 10.8. The fraction of sp³-hybridized carbons (Fsp3) is 0.300. The summed E-state index contributed by atoms with van der Waals surface area (Å²) in [6, 6.07) is 9.34. The van der Waals surface area contributed by atoms with Crippen molar-refractivity contribution in [3.63, 3.8) is 0 Å². The van der Waals surface area contributed by atoms with Crippen LogP contribution in [0.15, 0.2) is 30.3 Å². The fourth-order valence-electron chi connectivity index (χ4n) is 0.828. The largest absolute Gasteiger partial charge is 0.400 e. The van der Waals surface area contributed by atoms with Gasteiger partial charge in [-0.3, -0.25) is 4.79 Å². The molecule has 0 fully saturated rings. The van der Waals surface area contributed by atoms with Gasteiger partial charge in [-0.25, -0.2) is 0 Å². The first-order valence-corrected chi connectivity index (χ1v) is 3.87. The van der Waals surface area contributed by atoms with Crippen molar-refractivity contribution in [3.8, 4) is 0 Å². The van der Waals surface area contributed by atoms with Crippen molar-refractivity contribution in [2.75, 3.05) is 7.11 Å². The smallest absolute Gasteiger partial charge is 0.162 e. The van der Waals surface area contributed by atoms with E-state index in [9.17, 15) is 4.79 Å². The first-order valence-electron chi connectivity index (χ1n) is 3.87. The lowest BCUT2D eigenvalue weighted by Crippen LogP contribution is -1.94. The number of hydrogen-bond acceptors (Lipinski definition) is 2. The van der Waals surface area contributed by atoms with Crippen LogP contribution in [0.3, 0.4) is 0 Å². The lowest BCUT2D eigenvalue weighted by Gasteiger charge is -1.93. The Hall–Kier alpha value is -1.15. The summed E-state index contributed by atoms with van der Waals surface area (Å²) in [5.74, 6) is 0.209. The molecule has 0 saturated heterocycles. The second kappa shape index (κ2) is 6.55. The van der Waals surface area contributed by atoms with E-state index >= 15 is 0 Å². The lowest BCUT2D eigenvalue weighted by atomic mass is 10.1. The summed E-state index contributed by atoms with van der Waals surface area (Å²) in [7, 11) is 1.00. The van der Waals surface area contributed by atoms with Gasteiger partial charge < -0.3 is 5.11 Å². The molecule has 0 spiro atoms. The van der Waals surface area contributed by atoms with Crippen LogP contribution < -0.4 is 0 Å². The van der Waals surface area contributed by atoms with Crippen molar-refractivity contribution in [1.82, 2.24) is 0 Å². The number of rotatable bonds is 2. The predicted molar refractivity (Wildman–Crippen MR) is 49.2 cm³/mol. The Kier molecular flexibility index (Phi) is 5.93. The zero-order valence-electron chi connectivity index (χ0n) is 7.45. The maximum absolute atomic E-state index is 11.0. The molecule has 0 aromatic heterocycles. The van der Waals surface area contributed by atoms with E-state index in [2.05, 4.69) is 0 Å². The predicted octanol–water partition coefficient (Wildman–Crippen LogP) is 1.89. The van der Waals surface area contributed by atoms with Crippen LogP contribution in [0.5, 0.6) is 0 Å². The van der Waals surface area contributed by atoms with E-state index in [0.717, 1.165) is 12.7 Å². The number of ketones is 1. The van der Waals surface area contributed by atoms with Crippen LogP contribution in [0, 0.1) is 0 Å². The molecule has 0 saturated carbocycles. The molecule has 2 nitrogen and oxygen atoms in total. The van der Waals surface area contributed by atoms with E-state index in [1.165, 1.54) is 0 Å². The van der Waals surface area contributed by atoms with Gasteiger partial charge in [-0.05, 0) is 0 Å². The summed E-state index contributed by atoms with van der Waals surface area (Å²) in [5.41, 5.74) is 0.810. The zero-order chi connectivity index (χ0) is 9.40. The molecule has 2 heteroatoms. The van der Waals surface area contributed by atoms with Crippen LogP contribution in [0.1, 0.15) is 23.7 Å². The molecule has 0 heterocycles.